The molecular weight excluding hydrogens is 990 g/mol. The van der Waals surface area contributed by atoms with E-state index in [0.717, 1.165) is 43.4 Å². The number of hydrogen-bond donors (Lipinski definition) is 1. The largest absolute Gasteiger partial charge is 0 e. The fraction of sp³-hybridized carbons (Fsp3) is 0.385. The minimum Gasteiger partial charge on any atom is 0 e. The molecule has 0 aliphatic rings. The van der Waals surface area contributed by atoms with Gasteiger partial charge in [-0.3, -0.25) is 4.79 Å². The van der Waals surface area contributed by atoms with Crippen LogP contribution in [0.25, 0.3) is 51.1 Å². The normalized spacial score (nSPS) is 12.2. The van der Waals surface area contributed by atoms with Crippen LogP contribution in [0, 0.1) is 30.2 Å². The van der Waals surface area contributed by atoms with Crippen molar-refractivity contribution in [2.45, 2.75) is 114 Å². The molecule has 0 saturated heterocycles. The molecule has 2 aromatic heterocycles. The van der Waals surface area contributed by atoms with Gasteiger partial charge in [0.1, 0.15) is 0 Å². The standard InChI is InChI=1S/C39H38NTe.C13H24O2.Ir/c1-25-32-20-21-40-35(31-22-30-10-8-9-11-33(30)34(23-31)39(5,6)7)37(32)41-36(25)29-18-16-28(17-19-29)27-14-12-26(13-15-27)24-38(2,3)4;1-5-10(6-2)12(14)9-13(15)11(7-3)8-4;/h8-21,23H,24H2,1-7H3;9-11,14H,5-8H2,1-4H3;/q-1;;/b;12-9-;. The van der Waals surface area contributed by atoms with Crippen molar-refractivity contribution >= 4 is 45.8 Å². The minimum atomic E-state index is -0.609. The molecule has 0 atom stereocenters. The molecule has 0 amide bonds. The van der Waals surface area contributed by atoms with E-state index in [1.807, 2.05) is 33.9 Å². The van der Waals surface area contributed by atoms with Crippen molar-refractivity contribution in [1.82, 2.24) is 4.98 Å². The van der Waals surface area contributed by atoms with Gasteiger partial charge in [-0.05, 0) is 25.7 Å². The molecule has 0 saturated carbocycles. The molecule has 5 heteroatoms. The number of aliphatic hydroxyl groups is 1. The number of nitrogens with zero attached hydrogens (tertiary/aromatic N) is 1. The zero-order chi connectivity index (χ0) is 40.8. The summed E-state index contributed by atoms with van der Waals surface area (Å²) < 4.78 is 2.96. The third kappa shape index (κ3) is 11.5. The predicted molar refractivity (Wildman–Crippen MR) is 242 cm³/mol. The maximum Gasteiger partial charge on any atom is 0 e. The molecule has 0 unspecified atom stereocenters. The van der Waals surface area contributed by atoms with Crippen molar-refractivity contribution < 1.29 is 30.0 Å². The molecule has 4 aromatic carbocycles. The van der Waals surface area contributed by atoms with E-state index in [-0.39, 0.29) is 48.9 Å². The van der Waals surface area contributed by atoms with Gasteiger partial charge in [-0.15, -0.1) is 0 Å². The van der Waals surface area contributed by atoms with Gasteiger partial charge in [0.25, 0.3) is 0 Å². The summed E-state index contributed by atoms with van der Waals surface area (Å²) in [7, 11) is 0. The van der Waals surface area contributed by atoms with E-state index in [1.54, 1.807) is 0 Å². The predicted octanol–water partition coefficient (Wildman–Crippen LogP) is 14.3. The second-order valence-electron chi connectivity index (χ2n) is 17.5. The fourth-order valence-corrected chi connectivity index (χ4v) is 11.4. The topological polar surface area (TPSA) is 50.2 Å². The van der Waals surface area contributed by atoms with Crippen LogP contribution in [0.1, 0.15) is 112 Å². The number of hydrogen-bond acceptors (Lipinski definition) is 3. The average Bonchev–Trinajstić information content (AvgIpc) is 3.51. The van der Waals surface area contributed by atoms with E-state index in [4.69, 9.17) is 4.98 Å². The minimum absolute atomic E-state index is 0. The smallest absolute Gasteiger partial charge is 0 e. The molecule has 6 rings (SSSR count). The number of ketones is 1. The van der Waals surface area contributed by atoms with Gasteiger partial charge in [0.05, 0.1) is 5.76 Å². The maximum atomic E-state index is 11.7. The van der Waals surface area contributed by atoms with E-state index in [1.165, 1.54) is 62.6 Å². The molecule has 0 aliphatic carbocycles. The number of allylic oxidation sites excluding steroid dienone is 2. The molecule has 1 radical (unpaired) electrons. The van der Waals surface area contributed by atoms with Gasteiger partial charge < -0.3 is 5.11 Å². The Labute approximate surface area is 366 Å². The number of carbonyl (C=O) groups excluding carboxylic acids is 1. The van der Waals surface area contributed by atoms with E-state index in [0.29, 0.717) is 5.41 Å². The number of aryl methyl sites for hydroxylation is 1. The van der Waals surface area contributed by atoms with Crippen LogP contribution in [-0.4, -0.2) is 36.3 Å². The van der Waals surface area contributed by atoms with Gasteiger partial charge in [0, 0.05) is 38.0 Å². The first-order valence-electron chi connectivity index (χ1n) is 20.6. The zero-order valence-electron chi connectivity index (χ0n) is 36.0. The molecular formula is C52H62IrNO2Te-. The van der Waals surface area contributed by atoms with Crippen LogP contribution in [-0.2, 0) is 36.7 Å². The summed E-state index contributed by atoms with van der Waals surface area (Å²) in [6.45, 7) is 24.1. The number of pyridine rings is 1. The van der Waals surface area contributed by atoms with Crippen LogP contribution < -0.4 is 0 Å². The van der Waals surface area contributed by atoms with E-state index < -0.39 is 20.4 Å². The van der Waals surface area contributed by atoms with Gasteiger partial charge in [-0.25, -0.2) is 0 Å². The Balaban J connectivity index is 0.000000385. The Morgan fingerprint density at radius 3 is 1.89 bits per heavy atom. The fourth-order valence-electron chi connectivity index (χ4n) is 7.61. The summed E-state index contributed by atoms with van der Waals surface area (Å²) in [5.41, 5.74) is 10.6. The van der Waals surface area contributed by atoms with Crippen LogP contribution in [0.2, 0.25) is 0 Å². The van der Waals surface area contributed by atoms with Crippen molar-refractivity contribution in [2.75, 3.05) is 0 Å². The van der Waals surface area contributed by atoms with Crippen molar-refractivity contribution in [2.24, 2.45) is 17.3 Å². The van der Waals surface area contributed by atoms with E-state index in [2.05, 4.69) is 139 Å². The molecule has 1 N–H and O–H groups in total. The molecule has 6 aromatic rings. The van der Waals surface area contributed by atoms with E-state index >= 15 is 0 Å². The summed E-state index contributed by atoms with van der Waals surface area (Å²) >= 11 is -0.609. The molecule has 0 fully saturated rings. The summed E-state index contributed by atoms with van der Waals surface area (Å²) in [5, 5.41) is 13.6. The molecule has 0 spiro atoms. The first-order valence-corrected chi connectivity index (χ1v) is 22.9. The number of rotatable bonds is 11. The average molecular weight is 1050 g/mol. The SMILES string of the molecule is CCC(CC)C(=O)/C=C(\O)C(CC)CC.Cc1c(-c2ccc(-c3ccc(CC(C)(C)C)cc3)cc2)[te]c2c(-c3[c-]c4ccccc4c(C(C)(C)C)c3)nccc12.[Ir]. The second-order valence-corrected chi connectivity index (χ2v) is 20.4. The van der Waals surface area contributed by atoms with Crippen LogP contribution in [0.3, 0.4) is 0 Å². The number of fused-ring (bicyclic) bond motifs is 2. The van der Waals surface area contributed by atoms with Gasteiger partial charge in [0.15, 0.2) is 5.78 Å². The van der Waals surface area contributed by atoms with Crippen molar-refractivity contribution in [3.8, 4) is 31.5 Å². The van der Waals surface area contributed by atoms with Crippen LogP contribution in [0.5, 0.6) is 0 Å². The van der Waals surface area contributed by atoms with Crippen LogP contribution in [0.4, 0.5) is 0 Å². The van der Waals surface area contributed by atoms with Crippen molar-refractivity contribution in [1.29, 1.82) is 0 Å². The van der Waals surface area contributed by atoms with Gasteiger partial charge >= 0.3 is 256 Å². The molecule has 0 bridgehead atoms. The van der Waals surface area contributed by atoms with Crippen molar-refractivity contribution in [3.63, 3.8) is 0 Å². The van der Waals surface area contributed by atoms with Crippen molar-refractivity contribution in [3.05, 3.63) is 126 Å². The third-order valence-corrected chi connectivity index (χ3v) is 14.8. The van der Waals surface area contributed by atoms with Crippen LogP contribution in [0.15, 0.2) is 103 Å². The second kappa shape index (κ2) is 20.1. The third-order valence-electron chi connectivity index (χ3n) is 10.9. The molecule has 57 heavy (non-hydrogen) atoms. The molecule has 0 aliphatic heterocycles. The molecule has 303 valence electrons. The first kappa shape index (κ1) is 46.4. The Bertz CT molecular complexity index is 2280. The first-order chi connectivity index (χ1) is 26.6. The van der Waals surface area contributed by atoms with E-state index in [9.17, 15) is 9.90 Å². The number of aromatic nitrogens is 1. The maximum absolute atomic E-state index is 11.7. The monoisotopic (exact) mass is 1060 g/mol. The number of benzene rings is 4. The Morgan fingerprint density at radius 2 is 1.33 bits per heavy atom. The summed E-state index contributed by atoms with van der Waals surface area (Å²) in [4.78, 5) is 16.7. The molecule has 3 nitrogen and oxygen atoms in total. The Hall–Kier alpha value is -3.32. The quantitative estimate of drug-likeness (QED) is 0.0609. The summed E-state index contributed by atoms with van der Waals surface area (Å²) in [6.07, 6.45) is 7.99. The zero-order valence-corrected chi connectivity index (χ0v) is 40.7. The molecule has 2 heterocycles. The van der Waals surface area contributed by atoms with Gasteiger partial charge in [-0.1, -0.05) is 27.7 Å². The number of carbonyl (C=O) groups is 1. The number of aliphatic hydroxyl groups excluding tert-OH is 1. The van der Waals surface area contributed by atoms with Gasteiger partial charge in [0.2, 0.25) is 0 Å². The van der Waals surface area contributed by atoms with Crippen LogP contribution >= 0.6 is 0 Å². The Kier molecular flexibility index (Phi) is 16.3. The summed E-state index contributed by atoms with van der Waals surface area (Å²) in [6, 6.07) is 35.3. The summed E-state index contributed by atoms with van der Waals surface area (Å²) in [5.74, 6) is 0.547. The Morgan fingerprint density at radius 1 is 0.772 bits per heavy atom. The van der Waals surface area contributed by atoms with Gasteiger partial charge in [-0.2, -0.15) is 0 Å².